The Morgan fingerprint density at radius 1 is 1.03 bits per heavy atom. The van der Waals surface area contributed by atoms with Crippen LogP contribution in [0.5, 0.6) is 0 Å². The molecule has 5 aromatic rings. The van der Waals surface area contributed by atoms with Gasteiger partial charge in [-0.1, -0.05) is 6.07 Å². The van der Waals surface area contributed by atoms with E-state index in [-0.39, 0.29) is 23.2 Å². The first kappa shape index (κ1) is 22.5. The van der Waals surface area contributed by atoms with Gasteiger partial charge in [0, 0.05) is 34.4 Å². The van der Waals surface area contributed by atoms with Crippen LogP contribution in [-0.2, 0) is 0 Å². The van der Waals surface area contributed by atoms with Crippen molar-refractivity contribution in [2.24, 2.45) is 0 Å². The number of nitrogens with one attached hydrogen (secondary N) is 1. The summed E-state index contributed by atoms with van der Waals surface area (Å²) in [4.78, 5) is 26.5. The molecule has 0 aliphatic heterocycles. The average Bonchev–Trinajstić information content (AvgIpc) is 3.25. The highest BCUT2D eigenvalue weighted by molar-refractivity contribution is 5.95. The molecule has 3 heterocycles. The molecule has 3 N–H and O–H groups in total. The summed E-state index contributed by atoms with van der Waals surface area (Å²) >= 11 is 0. The Labute approximate surface area is 201 Å². The summed E-state index contributed by atoms with van der Waals surface area (Å²) in [5.41, 5.74) is 11.2. The van der Waals surface area contributed by atoms with Crippen LogP contribution in [0.3, 0.4) is 0 Å². The summed E-state index contributed by atoms with van der Waals surface area (Å²) in [7, 11) is 0. The van der Waals surface area contributed by atoms with Crippen LogP contribution in [0.4, 0.5) is 10.2 Å². The minimum atomic E-state index is -0.429. The number of hydrogen-bond donors (Lipinski definition) is 2. The van der Waals surface area contributed by atoms with Gasteiger partial charge in [-0.25, -0.2) is 14.4 Å². The molecular weight excluding hydrogens is 443 g/mol. The predicted molar refractivity (Wildman–Crippen MR) is 135 cm³/mol. The molecule has 7 nitrogen and oxygen atoms in total. The predicted octanol–water partition coefficient (Wildman–Crippen LogP) is 5.17. The highest BCUT2D eigenvalue weighted by Gasteiger charge is 2.23. The summed E-state index contributed by atoms with van der Waals surface area (Å²) in [6, 6.07) is 14.0. The van der Waals surface area contributed by atoms with E-state index >= 15 is 0 Å². The summed E-state index contributed by atoms with van der Waals surface area (Å²) < 4.78 is 15.5. The van der Waals surface area contributed by atoms with E-state index in [1.165, 1.54) is 12.1 Å². The lowest BCUT2D eigenvalue weighted by molar-refractivity contribution is 0.0915. The van der Waals surface area contributed by atoms with E-state index in [2.05, 4.69) is 20.3 Å². The molecule has 0 saturated carbocycles. The number of nitrogens with zero attached hydrogens (tertiary/aromatic N) is 4. The highest BCUT2D eigenvalue weighted by atomic mass is 19.1. The van der Waals surface area contributed by atoms with Crippen LogP contribution in [0.15, 0.2) is 60.9 Å². The maximum Gasteiger partial charge on any atom is 0.271 e. The molecule has 0 atom stereocenters. The number of halogens is 1. The second-order valence-corrected chi connectivity index (χ2v) is 9.58. The van der Waals surface area contributed by atoms with Gasteiger partial charge in [0.1, 0.15) is 11.5 Å². The molecule has 2 aromatic carbocycles. The van der Waals surface area contributed by atoms with Gasteiger partial charge in [0.15, 0.2) is 11.5 Å². The zero-order valence-corrected chi connectivity index (χ0v) is 19.9. The molecule has 0 spiro atoms. The molecule has 5 rings (SSSR count). The standard InChI is InChI=1S/C27H25FN6O/c1-15-11-12-30-20-10-7-17(13-19(15)20)23-22(16-5-8-18(28)9-6-16)32-24(29)25-31-21(14-34(23)25)26(35)33-27(2,3)4/h5-14H,1-4H3,(H2,29,32)(H,33,35). The second-order valence-electron chi connectivity index (χ2n) is 9.58. The maximum absolute atomic E-state index is 13.7. The lowest BCUT2D eigenvalue weighted by Crippen LogP contribution is -2.40. The van der Waals surface area contributed by atoms with Gasteiger partial charge in [-0.05, 0) is 75.7 Å². The Morgan fingerprint density at radius 3 is 2.46 bits per heavy atom. The van der Waals surface area contributed by atoms with Crippen molar-refractivity contribution in [3.8, 4) is 22.5 Å². The lowest BCUT2D eigenvalue weighted by Gasteiger charge is -2.19. The topological polar surface area (TPSA) is 98.2 Å². The van der Waals surface area contributed by atoms with E-state index in [0.29, 0.717) is 22.6 Å². The van der Waals surface area contributed by atoms with Crippen LogP contribution in [0, 0.1) is 12.7 Å². The van der Waals surface area contributed by atoms with Crippen LogP contribution < -0.4 is 11.1 Å². The number of benzene rings is 2. The number of amides is 1. The quantitative estimate of drug-likeness (QED) is 0.381. The summed E-state index contributed by atoms with van der Waals surface area (Å²) in [6.07, 6.45) is 3.44. The van der Waals surface area contributed by atoms with Crippen molar-refractivity contribution in [2.75, 3.05) is 5.73 Å². The molecule has 1 amide bonds. The number of hydrogen-bond acceptors (Lipinski definition) is 5. The number of rotatable bonds is 3. The number of carbonyl (C=O) groups excluding carboxylic acids is 1. The molecule has 0 radical (unpaired) electrons. The summed E-state index contributed by atoms with van der Waals surface area (Å²) in [5, 5.41) is 3.92. The fourth-order valence-electron chi connectivity index (χ4n) is 4.10. The third-order valence-electron chi connectivity index (χ3n) is 5.70. The number of fused-ring (bicyclic) bond motifs is 2. The summed E-state index contributed by atoms with van der Waals surface area (Å²) in [5.74, 6) is -0.490. The zero-order chi connectivity index (χ0) is 24.9. The van der Waals surface area contributed by atoms with Crippen molar-refractivity contribution in [1.82, 2.24) is 24.7 Å². The second kappa shape index (κ2) is 8.16. The van der Waals surface area contributed by atoms with Gasteiger partial charge in [0.2, 0.25) is 0 Å². The molecule has 0 saturated heterocycles. The van der Waals surface area contributed by atoms with Gasteiger partial charge in [-0.2, -0.15) is 0 Å². The van der Waals surface area contributed by atoms with Crippen molar-refractivity contribution < 1.29 is 9.18 Å². The van der Waals surface area contributed by atoms with Crippen molar-refractivity contribution in [3.05, 3.63) is 78.0 Å². The number of nitrogen functional groups attached to an aromatic ring is 1. The number of carbonyl (C=O) groups is 1. The van der Waals surface area contributed by atoms with E-state index in [9.17, 15) is 9.18 Å². The minimum Gasteiger partial charge on any atom is -0.381 e. The normalized spacial score (nSPS) is 11.8. The minimum absolute atomic E-state index is 0.168. The van der Waals surface area contributed by atoms with Crippen LogP contribution >= 0.6 is 0 Å². The van der Waals surface area contributed by atoms with Gasteiger partial charge >= 0.3 is 0 Å². The first-order valence-corrected chi connectivity index (χ1v) is 11.2. The molecule has 0 fully saturated rings. The number of aromatic nitrogens is 4. The Kier molecular flexibility index (Phi) is 5.24. The van der Waals surface area contributed by atoms with E-state index in [0.717, 1.165) is 22.0 Å². The Bertz CT molecular complexity index is 1600. The molecule has 3 aromatic heterocycles. The monoisotopic (exact) mass is 468 g/mol. The van der Waals surface area contributed by atoms with Gasteiger partial charge in [0.25, 0.3) is 5.91 Å². The first-order chi connectivity index (χ1) is 16.6. The maximum atomic E-state index is 13.7. The fraction of sp³-hybridized carbons (Fsp3) is 0.185. The molecule has 0 aliphatic carbocycles. The molecule has 8 heteroatoms. The molecular formula is C27H25FN6O. The number of pyridine rings is 1. The van der Waals surface area contributed by atoms with Crippen LogP contribution in [0.1, 0.15) is 36.8 Å². The van der Waals surface area contributed by atoms with E-state index in [4.69, 9.17) is 5.73 Å². The van der Waals surface area contributed by atoms with Crippen LogP contribution in [0.25, 0.3) is 39.1 Å². The third-order valence-corrected chi connectivity index (χ3v) is 5.70. The first-order valence-electron chi connectivity index (χ1n) is 11.2. The van der Waals surface area contributed by atoms with Crippen LogP contribution in [0.2, 0.25) is 0 Å². The highest BCUT2D eigenvalue weighted by Crippen LogP contribution is 2.35. The Hall–Kier alpha value is -4.33. The van der Waals surface area contributed by atoms with Crippen molar-refractivity contribution in [3.63, 3.8) is 0 Å². The van der Waals surface area contributed by atoms with Gasteiger partial charge in [-0.3, -0.25) is 14.2 Å². The molecule has 176 valence electrons. The number of nitrogens with two attached hydrogens (primary N) is 1. The smallest absolute Gasteiger partial charge is 0.271 e. The van der Waals surface area contributed by atoms with Gasteiger partial charge in [-0.15, -0.1) is 0 Å². The van der Waals surface area contributed by atoms with Crippen molar-refractivity contribution in [1.29, 1.82) is 0 Å². The number of anilines is 1. The van der Waals surface area contributed by atoms with E-state index < -0.39 is 5.54 Å². The fourth-order valence-corrected chi connectivity index (χ4v) is 4.10. The van der Waals surface area contributed by atoms with E-state index in [1.54, 1.807) is 28.9 Å². The largest absolute Gasteiger partial charge is 0.381 e. The van der Waals surface area contributed by atoms with Crippen molar-refractivity contribution >= 4 is 28.3 Å². The van der Waals surface area contributed by atoms with Crippen molar-refractivity contribution in [2.45, 2.75) is 33.2 Å². The average molecular weight is 469 g/mol. The molecule has 0 aliphatic rings. The molecule has 35 heavy (non-hydrogen) atoms. The van der Waals surface area contributed by atoms with Gasteiger partial charge < -0.3 is 11.1 Å². The number of aryl methyl sites for hydroxylation is 1. The summed E-state index contributed by atoms with van der Waals surface area (Å²) in [6.45, 7) is 7.73. The Morgan fingerprint density at radius 2 is 1.74 bits per heavy atom. The molecule has 0 unspecified atom stereocenters. The Balaban J connectivity index is 1.81. The van der Waals surface area contributed by atoms with E-state index in [1.807, 2.05) is 52.0 Å². The lowest BCUT2D eigenvalue weighted by atomic mass is 10.0. The zero-order valence-electron chi connectivity index (χ0n) is 19.9. The third kappa shape index (κ3) is 4.19. The van der Waals surface area contributed by atoms with Crippen LogP contribution in [-0.4, -0.2) is 30.8 Å². The number of imidazole rings is 1. The SMILES string of the molecule is Cc1ccnc2ccc(-c3c(-c4ccc(F)cc4)nc(N)c4nc(C(=O)NC(C)(C)C)cn34)cc12. The van der Waals surface area contributed by atoms with Gasteiger partial charge in [0.05, 0.1) is 16.9 Å². The molecule has 0 bridgehead atoms.